The van der Waals surface area contributed by atoms with Crippen molar-refractivity contribution in [2.75, 3.05) is 6.79 Å². The van der Waals surface area contributed by atoms with Crippen LogP contribution in [-0.2, 0) is 16.2 Å². The van der Waals surface area contributed by atoms with Gasteiger partial charge in [0.05, 0.1) is 6.61 Å². The zero-order valence-corrected chi connectivity index (χ0v) is 13.4. The third-order valence-electron chi connectivity index (χ3n) is 3.51. The van der Waals surface area contributed by atoms with Crippen LogP contribution in [0, 0.1) is 0 Å². The number of carbonyl (C=O) groups excluding carboxylic acids is 2. The molecule has 0 amide bonds. The van der Waals surface area contributed by atoms with Crippen molar-refractivity contribution in [3.05, 3.63) is 47.5 Å². The second-order valence-electron chi connectivity index (χ2n) is 5.17. The molecule has 2 aromatic rings. The summed E-state index contributed by atoms with van der Waals surface area (Å²) in [5.74, 6) is -0.0172. The normalized spacial score (nSPS) is 12.2. The molecule has 1 heterocycles. The Kier molecular flexibility index (Phi) is 5.04. The number of aromatic hydroxyl groups is 1. The van der Waals surface area contributed by atoms with Crippen LogP contribution >= 0.6 is 0 Å². The molecular weight excluding hydrogens is 344 g/mol. The number of ether oxygens (including phenoxy) is 4. The quantitative estimate of drug-likeness (QED) is 0.348. The highest BCUT2D eigenvalue weighted by Gasteiger charge is 2.20. The van der Waals surface area contributed by atoms with Crippen molar-refractivity contribution in [2.24, 2.45) is 0 Å². The second kappa shape index (κ2) is 7.58. The summed E-state index contributed by atoms with van der Waals surface area (Å²) < 4.78 is 20.3. The van der Waals surface area contributed by atoms with E-state index in [2.05, 4.69) is 0 Å². The van der Waals surface area contributed by atoms with Crippen molar-refractivity contribution >= 4 is 18.5 Å². The first-order valence-electron chi connectivity index (χ1n) is 7.47. The van der Waals surface area contributed by atoms with E-state index in [0.717, 1.165) is 6.08 Å². The number of aliphatic hydroxyl groups excluding tert-OH is 1. The first-order valence-corrected chi connectivity index (χ1v) is 7.47. The number of hydrogen-bond donors (Lipinski definition) is 2. The maximum absolute atomic E-state index is 12.0. The molecule has 0 saturated carbocycles. The van der Waals surface area contributed by atoms with E-state index >= 15 is 0 Å². The van der Waals surface area contributed by atoms with Gasteiger partial charge in [0, 0.05) is 23.8 Å². The van der Waals surface area contributed by atoms with E-state index in [1.165, 1.54) is 30.3 Å². The lowest BCUT2D eigenvalue weighted by Crippen LogP contribution is -2.05. The van der Waals surface area contributed by atoms with Gasteiger partial charge in [0.1, 0.15) is 5.75 Å². The molecule has 2 aromatic carbocycles. The minimum absolute atomic E-state index is 0.00208. The molecule has 3 rings (SSSR count). The SMILES string of the molecule is O=COc1cc2c(cc1OC(=O)/C=C/c1ccc(O)c(CO)c1)OCO2. The molecule has 0 radical (unpaired) electrons. The smallest absolute Gasteiger partial charge is 0.336 e. The molecular formula is C18H14O8. The molecule has 0 aromatic heterocycles. The molecule has 0 fully saturated rings. The molecule has 134 valence electrons. The van der Waals surface area contributed by atoms with Gasteiger partial charge >= 0.3 is 5.97 Å². The van der Waals surface area contributed by atoms with Gasteiger partial charge in [0.2, 0.25) is 6.79 Å². The van der Waals surface area contributed by atoms with E-state index in [0.29, 0.717) is 22.6 Å². The van der Waals surface area contributed by atoms with E-state index in [9.17, 15) is 14.7 Å². The fraction of sp³-hybridized carbons (Fsp3) is 0.111. The number of aliphatic hydroxyl groups is 1. The van der Waals surface area contributed by atoms with Crippen molar-refractivity contribution in [2.45, 2.75) is 6.61 Å². The lowest BCUT2D eigenvalue weighted by atomic mass is 10.1. The Hall–Kier alpha value is -3.52. The summed E-state index contributed by atoms with van der Waals surface area (Å²) in [7, 11) is 0. The van der Waals surface area contributed by atoms with E-state index < -0.39 is 5.97 Å². The van der Waals surface area contributed by atoms with E-state index in [4.69, 9.17) is 24.1 Å². The van der Waals surface area contributed by atoms with Crippen molar-refractivity contribution in [1.29, 1.82) is 0 Å². The predicted molar refractivity (Wildman–Crippen MR) is 88.0 cm³/mol. The highest BCUT2D eigenvalue weighted by Crippen LogP contribution is 2.42. The van der Waals surface area contributed by atoms with Crippen LogP contribution in [0.3, 0.4) is 0 Å². The van der Waals surface area contributed by atoms with Gasteiger partial charge in [-0.05, 0) is 23.8 Å². The molecule has 2 N–H and O–H groups in total. The Balaban J connectivity index is 1.76. The first kappa shape index (κ1) is 17.3. The molecule has 0 unspecified atom stereocenters. The number of hydrogen-bond acceptors (Lipinski definition) is 8. The fourth-order valence-electron chi connectivity index (χ4n) is 2.27. The Bertz CT molecular complexity index is 872. The van der Waals surface area contributed by atoms with E-state index in [-0.39, 0.29) is 37.1 Å². The summed E-state index contributed by atoms with van der Waals surface area (Å²) in [5, 5.41) is 18.7. The average molecular weight is 358 g/mol. The average Bonchev–Trinajstić information content (AvgIpc) is 3.08. The lowest BCUT2D eigenvalue weighted by molar-refractivity contribution is -0.129. The predicted octanol–water partition coefficient (Wildman–Crippen LogP) is 1.77. The van der Waals surface area contributed by atoms with Crippen LogP contribution in [0.2, 0.25) is 0 Å². The summed E-state index contributed by atoms with van der Waals surface area (Å²) in [6, 6.07) is 7.28. The molecule has 0 bridgehead atoms. The highest BCUT2D eigenvalue weighted by atomic mass is 16.7. The zero-order valence-electron chi connectivity index (χ0n) is 13.4. The number of carbonyl (C=O) groups is 2. The minimum Gasteiger partial charge on any atom is -0.508 e. The lowest BCUT2D eigenvalue weighted by Gasteiger charge is -2.08. The van der Waals surface area contributed by atoms with Crippen LogP contribution in [0.15, 0.2) is 36.4 Å². The summed E-state index contributed by atoms with van der Waals surface area (Å²) >= 11 is 0. The number of esters is 1. The molecule has 0 saturated heterocycles. The molecule has 0 spiro atoms. The van der Waals surface area contributed by atoms with Gasteiger partial charge < -0.3 is 29.2 Å². The number of fused-ring (bicyclic) bond motifs is 1. The molecule has 8 heteroatoms. The van der Waals surface area contributed by atoms with Crippen LogP contribution in [-0.4, -0.2) is 29.4 Å². The van der Waals surface area contributed by atoms with Gasteiger partial charge in [0.25, 0.3) is 6.47 Å². The van der Waals surface area contributed by atoms with E-state index in [1.807, 2.05) is 0 Å². The maximum atomic E-state index is 12.0. The number of phenols is 1. The molecule has 8 nitrogen and oxygen atoms in total. The van der Waals surface area contributed by atoms with Crippen LogP contribution in [0.1, 0.15) is 11.1 Å². The standard InChI is InChI=1S/C18H14O8/c19-8-12-5-11(1-3-13(12)21)2-4-18(22)26-17-7-15-14(24-10-25-15)6-16(17)23-9-20/h1-7,9,19,21H,8,10H2/b4-2+. The van der Waals surface area contributed by atoms with Crippen molar-refractivity contribution in [3.8, 4) is 28.7 Å². The Labute approximate surface area is 147 Å². The largest absolute Gasteiger partial charge is 0.508 e. The second-order valence-corrected chi connectivity index (χ2v) is 5.17. The summed E-state index contributed by atoms with van der Waals surface area (Å²) in [6.07, 6.45) is 2.61. The maximum Gasteiger partial charge on any atom is 0.336 e. The molecule has 1 aliphatic rings. The van der Waals surface area contributed by atoms with Crippen LogP contribution < -0.4 is 18.9 Å². The van der Waals surface area contributed by atoms with Gasteiger partial charge in [-0.25, -0.2) is 4.79 Å². The summed E-state index contributed by atoms with van der Waals surface area (Å²) in [5.41, 5.74) is 0.914. The highest BCUT2D eigenvalue weighted by molar-refractivity contribution is 5.89. The third-order valence-corrected chi connectivity index (χ3v) is 3.51. The van der Waals surface area contributed by atoms with Gasteiger partial charge in [0.15, 0.2) is 23.0 Å². The van der Waals surface area contributed by atoms with Crippen molar-refractivity contribution in [3.63, 3.8) is 0 Å². The monoisotopic (exact) mass is 358 g/mol. The molecule has 0 atom stereocenters. The molecule has 1 aliphatic heterocycles. The van der Waals surface area contributed by atoms with Gasteiger partial charge in [-0.3, -0.25) is 4.79 Å². The van der Waals surface area contributed by atoms with Crippen LogP contribution in [0.25, 0.3) is 6.08 Å². The Morgan fingerprint density at radius 2 is 1.88 bits per heavy atom. The molecule has 0 aliphatic carbocycles. The van der Waals surface area contributed by atoms with E-state index in [1.54, 1.807) is 6.07 Å². The van der Waals surface area contributed by atoms with Crippen molar-refractivity contribution in [1.82, 2.24) is 0 Å². The first-order chi connectivity index (χ1) is 12.6. The van der Waals surface area contributed by atoms with Gasteiger partial charge in [-0.15, -0.1) is 0 Å². The topological polar surface area (TPSA) is 112 Å². The zero-order chi connectivity index (χ0) is 18.5. The van der Waals surface area contributed by atoms with Crippen molar-refractivity contribution < 1.29 is 38.7 Å². The minimum atomic E-state index is -0.724. The Morgan fingerprint density at radius 3 is 2.58 bits per heavy atom. The Morgan fingerprint density at radius 1 is 1.15 bits per heavy atom. The summed E-state index contributed by atoms with van der Waals surface area (Å²) in [6.45, 7) is -0.111. The number of benzene rings is 2. The molecule has 26 heavy (non-hydrogen) atoms. The van der Waals surface area contributed by atoms with Gasteiger partial charge in [-0.1, -0.05) is 6.07 Å². The van der Waals surface area contributed by atoms with Gasteiger partial charge in [-0.2, -0.15) is 0 Å². The van der Waals surface area contributed by atoms with Crippen LogP contribution in [0.4, 0.5) is 0 Å². The third kappa shape index (κ3) is 3.76. The summed E-state index contributed by atoms with van der Waals surface area (Å²) in [4.78, 5) is 22.7. The van der Waals surface area contributed by atoms with Crippen LogP contribution in [0.5, 0.6) is 28.7 Å². The number of rotatable bonds is 6. The fourth-order valence-corrected chi connectivity index (χ4v) is 2.27.